The largest absolute Gasteiger partial charge is 0.455 e. The van der Waals surface area contributed by atoms with Crippen LogP contribution in [-0.4, -0.2) is 67.1 Å². The highest BCUT2D eigenvalue weighted by molar-refractivity contribution is 6.75. The Kier molecular flexibility index (Phi) is 9.19. The average Bonchev–Trinajstić information content (AvgIpc) is 2.85. The lowest BCUT2D eigenvalue weighted by molar-refractivity contribution is -0.150. The highest BCUT2D eigenvalue weighted by Gasteiger charge is 2.56. The molecule has 196 valence electrons. The number of carbonyl (C=O) groups excluding carboxylic acids is 1. The molecule has 1 heterocycles. The van der Waals surface area contributed by atoms with Gasteiger partial charge in [-0.3, -0.25) is 0 Å². The number of aliphatic hydroxyl groups is 1. The number of cyclic esters (lactones) is 1. The number of rotatable bonds is 8. The van der Waals surface area contributed by atoms with E-state index in [0.717, 1.165) is 0 Å². The van der Waals surface area contributed by atoms with E-state index in [0.29, 0.717) is 0 Å². The molecule has 1 fully saturated rings. The van der Waals surface area contributed by atoms with Crippen molar-refractivity contribution in [1.82, 2.24) is 0 Å². The van der Waals surface area contributed by atoms with Crippen LogP contribution < -0.4 is 0 Å². The van der Waals surface area contributed by atoms with Crippen LogP contribution in [0, 0.1) is 0 Å². The van der Waals surface area contributed by atoms with Gasteiger partial charge in [-0.25, -0.2) is 4.79 Å². The molecule has 0 spiro atoms. The number of hydrogen-bond donors (Lipinski definition) is 1. The summed E-state index contributed by atoms with van der Waals surface area (Å²) in [6.45, 7) is 32.3. The van der Waals surface area contributed by atoms with Gasteiger partial charge in [0, 0.05) is 0 Å². The van der Waals surface area contributed by atoms with Crippen LogP contribution in [0.2, 0.25) is 54.4 Å². The van der Waals surface area contributed by atoms with Gasteiger partial charge in [0.25, 0.3) is 0 Å². The minimum Gasteiger partial charge on any atom is -0.455 e. The Morgan fingerprint density at radius 3 is 1.58 bits per heavy atom. The highest BCUT2D eigenvalue weighted by atomic mass is 28.4. The summed E-state index contributed by atoms with van der Waals surface area (Å²) in [5, 5.41) is 11.0. The molecule has 0 aliphatic carbocycles. The molecule has 0 bridgehead atoms. The molecule has 0 saturated carbocycles. The van der Waals surface area contributed by atoms with Crippen LogP contribution >= 0.6 is 0 Å². The molecule has 9 heteroatoms. The monoisotopic (exact) mass is 520 g/mol. The van der Waals surface area contributed by atoms with E-state index >= 15 is 0 Å². The van der Waals surface area contributed by atoms with Crippen molar-refractivity contribution in [3.8, 4) is 0 Å². The van der Waals surface area contributed by atoms with Gasteiger partial charge in [0.05, 0.1) is 6.61 Å². The first-order chi connectivity index (χ1) is 14.3. The molecular weight excluding hydrogens is 469 g/mol. The fraction of sp³-hybridized carbons (Fsp3) is 0.958. The molecule has 6 nitrogen and oxygen atoms in total. The standard InChI is InChI=1S/C24H52O6Si3/c1-22(2,3)31(10,11)27-16-17(25)18-19(29-32(12,13)23(4,5)6)20(21(26)28-18)30-33(14,15)24(7,8)9/h17-20,25H,16H2,1-15H3/t17-,18-,19+,20-/m1/s1. The van der Waals surface area contributed by atoms with Crippen LogP contribution in [0.25, 0.3) is 0 Å². The van der Waals surface area contributed by atoms with Crippen LogP contribution in [0.1, 0.15) is 62.3 Å². The van der Waals surface area contributed by atoms with Gasteiger partial charge in [-0.1, -0.05) is 62.3 Å². The zero-order valence-electron chi connectivity index (χ0n) is 24.0. The Labute approximate surface area is 206 Å². The van der Waals surface area contributed by atoms with Crippen molar-refractivity contribution >= 4 is 30.9 Å². The molecule has 0 aromatic carbocycles. The first kappa shape index (κ1) is 31.0. The second kappa shape index (κ2) is 9.78. The van der Waals surface area contributed by atoms with E-state index in [1.165, 1.54) is 0 Å². The maximum atomic E-state index is 13.1. The molecule has 1 aliphatic heterocycles. The lowest BCUT2D eigenvalue weighted by atomic mass is 10.1. The number of aliphatic hydroxyl groups excluding tert-OH is 1. The van der Waals surface area contributed by atoms with Gasteiger partial charge in [-0.15, -0.1) is 0 Å². The lowest BCUT2D eigenvalue weighted by Gasteiger charge is -2.43. The van der Waals surface area contributed by atoms with Crippen molar-refractivity contribution in [2.75, 3.05) is 6.61 Å². The highest BCUT2D eigenvalue weighted by Crippen LogP contribution is 2.43. The minimum absolute atomic E-state index is 0.0179. The van der Waals surface area contributed by atoms with Gasteiger partial charge in [-0.2, -0.15) is 0 Å². The summed E-state index contributed by atoms with van der Waals surface area (Å²) < 4.78 is 25.3. The summed E-state index contributed by atoms with van der Waals surface area (Å²) in [5.41, 5.74) is 0. The Balaban J connectivity index is 3.26. The zero-order valence-corrected chi connectivity index (χ0v) is 27.0. The SMILES string of the molecule is CC(C)(C)[Si](C)(C)OC[C@@H](O)[C@H]1OC(=O)[C@H](O[Si](C)(C)C(C)(C)C)[C@H]1O[Si](C)(C)C(C)(C)C. The molecule has 1 rings (SSSR count). The van der Waals surface area contributed by atoms with E-state index in [1.54, 1.807) is 0 Å². The van der Waals surface area contributed by atoms with E-state index in [1.807, 2.05) is 0 Å². The summed E-state index contributed by atoms with van der Waals surface area (Å²) >= 11 is 0. The van der Waals surface area contributed by atoms with Crippen molar-refractivity contribution in [1.29, 1.82) is 0 Å². The molecule has 0 radical (unpaired) electrons. The lowest BCUT2D eigenvalue weighted by Crippen LogP contribution is -2.55. The van der Waals surface area contributed by atoms with E-state index in [2.05, 4.69) is 102 Å². The third kappa shape index (κ3) is 7.24. The van der Waals surface area contributed by atoms with Crippen molar-refractivity contribution in [2.45, 2.75) is 141 Å². The topological polar surface area (TPSA) is 74.2 Å². The van der Waals surface area contributed by atoms with Crippen molar-refractivity contribution in [3.05, 3.63) is 0 Å². The minimum atomic E-state index is -2.28. The second-order valence-corrected chi connectivity index (χ2v) is 28.5. The van der Waals surface area contributed by atoms with Crippen LogP contribution in [0.15, 0.2) is 0 Å². The number of ether oxygens (including phenoxy) is 1. The normalized spacial score (nSPS) is 24.7. The zero-order chi connectivity index (χ0) is 26.4. The van der Waals surface area contributed by atoms with Crippen LogP contribution in [0.5, 0.6) is 0 Å². The van der Waals surface area contributed by atoms with E-state index in [9.17, 15) is 9.90 Å². The van der Waals surface area contributed by atoms with Gasteiger partial charge in [0.2, 0.25) is 0 Å². The second-order valence-electron chi connectivity index (χ2n) is 14.2. The van der Waals surface area contributed by atoms with E-state index < -0.39 is 55.3 Å². The fourth-order valence-electron chi connectivity index (χ4n) is 2.73. The van der Waals surface area contributed by atoms with Gasteiger partial charge in [0.15, 0.2) is 37.2 Å². The summed E-state index contributed by atoms with van der Waals surface area (Å²) in [5.74, 6) is -0.445. The predicted molar refractivity (Wildman–Crippen MR) is 143 cm³/mol. The van der Waals surface area contributed by atoms with Crippen LogP contribution in [0.4, 0.5) is 0 Å². The summed E-state index contributed by atoms with van der Waals surface area (Å²) in [6, 6.07) is 0. The maximum absolute atomic E-state index is 13.1. The Morgan fingerprint density at radius 1 is 0.788 bits per heavy atom. The van der Waals surface area contributed by atoms with Crippen molar-refractivity contribution in [3.63, 3.8) is 0 Å². The molecule has 33 heavy (non-hydrogen) atoms. The summed E-state index contributed by atoms with van der Waals surface area (Å²) in [7, 11) is -6.64. The Morgan fingerprint density at radius 2 is 1.18 bits per heavy atom. The van der Waals surface area contributed by atoms with E-state index in [-0.39, 0.29) is 21.7 Å². The van der Waals surface area contributed by atoms with Gasteiger partial charge in [0.1, 0.15) is 12.2 Å². The fourth-order valence-corrected chi connectivity index (χ4v) is 6.26. The summed E-state index contributed by atoms with van der Waals surface area (Å²) in [4.78, 5) is 13.1. The van der Waals surface area contributed by atoms with Gasteiger partial charge >= 0.3 is 5.97 Å². The first-order valence-electron chi connectivity index (χ1n) is 12.2. The number of esters is 1. The summed E-state index contributed by atoms with van der Waals surface area (Å²) in [6.07, 6.45) is -3.30. The number of carbonyl (C=O) groups is 1. The first-order valence-corrected chi connectivity index (χ1v) is 20.9. The maximum Gasteiger partial charge on any atom is 0.337 e. The molecule has 0 unspecified atom stereocenters. The Hall–Kier alpha value is -0.0394. The quantitative estimate of drug-likeness (QED) is 0.309. The third-order valence-electron chi connectivity index (χ3n) is 8.37. The molecule has 1 aliphatic rings. The predicted octanol–water partition coefficient (Wildman–Crippen LogP) is 6.08. The molecule has 1 N–H and O–H groups in total. The molecule has 0 aromatic rings. The van der Waals surface area contributed by atoms with Crippen molar-refractivity contribution < 1.29 is 27.9 Å². The molecule has 1 saturated heterocycles. The number of hydrogen-bond acceptors (Lipinski definition) is 6. The van der Waals surface area contributed by atoms with Crippen molar-refractivity contribution in [2.24, 2.45) is 0 Å². The van der Waals surface area contributed by atoms with Crippen LogP contribution in [0.3, 0.4) is 0 Å². The average molecular weight is 521 g/mol. The smallest absolute Gasteiger partial charge is 0.337 e. The molecule has 0 amide bonds. The molecular formula is C24H52O6Si3. The Bertz CT molecular complexity index is 686. The van der Waals surface area contributed by atoms with E-state index in [4.69, 9.17) is 18.0 Å². The van der Waals surface area contributed by atoms with Gasteiger partial charge < -0.3 is 23.1 Å². The van der Waals surface area contributed by atoms with Gasteiger partial charge in [-0.05, 0) is 54.4 Å². The molecule has 4 atom stereocenters. The molecule has 0 aromatic heterocycles. The van der Waals surface area contributed by atoms with Crippen LogP contribution in [-0.2, 0) is 22.8 Å². The third-order valence-corrected chi connectivity index (χ3v) is 21.8.